The molecule has 1 atom stereocenters. The van der Waals surface area contributed by atoms with Crippen molar-refractivity contribution in [2.75, 3.05) is 5.75 Å². The van der Waals surface area contributed by atoms with Gasteiger partial charge in [0.2, 0.25) is 0 Å². The summed E-state index contributed by atoms with van der Waals surface area (Å²) in [5, 5.41) is 22.1. The van der Waals surface area contributed by atoms with Crippen LogP contribution in [-0.2, 0) is 4.79 Å². The molecule has 8 nitrogen and oxygen atoms in total. The van der Waals surface area contributed by atoms with E-state index < -0.39 is 11.1 Å². The van der Waals surface area contributed by atoms with Gasteiger partial charge in [-0.2, -0.15) is 0 Å². The molecule has 29 heavy (non-hydrogen) atoms. The third-order valence-electron chi connectivity index (χ3n) is 4.42. The Morgan fingerprint density at radius 3 is 2.86 bits per heavy atom. The number of hydrogen-bond acceptors (Lipinski definition) is 7. The molecule has 2 aromatic rings. The van der Waals surface area contributed by atoms with Crippen molar-refractivity contribution in [3.05, 3.63) is 73.7 Å². The molecule has 2 aliphatic heterocycles. The van der Waals surface area contributed by atoms with Crippen molar-refractivity contribution in [2.45, 2.75) is 19.5 Å². The second kappa shape index (κ2) is 7.84. The lowest BCUT2D eigenvalue weighted by molar-refractivity contribution is -0.384. The molecule has 0 spiro atoms. The normalized spacial score (nSPS) is 17.7. The maximum atomic E-state index is 12.9. The molecule has 1 N–H and O–H groups in total. The van der Waals surface area contributed by atoms with Crippen molar-refractivity contribution in [2.24, 2.45) is 10.1 Å². The lowest BCUT2D eigenvalue weighted by Crippen LogP contribution is -2.50. The molecule has 0 aromatic heterocycles. The van der Waals surface area contributed by atoms with Crippen LogP contribution in [0.4, 0.5) is 5.69 Å². The highest BCUT2D eigenvalue weighted by Crippen LogP contribution is 2.34. The lowest BCUT2D eigenvalue weighted by atomic mass is 10.1. The van der Waals surface area contributed by atoms with Crippen LogP contribution in [0.2, 0.25) is 5.02 Å². The zero-order valence-corrected chi connectivity index (χ0v) is 16.9. The van der Waals surface area contributed by atoms with Gasteiger partial charge >= 0.3 is 0 Å². The van der Waals surface area contributed by atoms with Crippen LogP contribution in [0, 0.1) is 10.1 Å². The Bertz CT molecular complexity index is 1170. The van der Waals surface area contributed by atoms with Gasteiger partial charge in [0.15, 0.2) is 11.3 Å². The Hall–Kier alpha value is -2.91. The number of carbonyl (C=O) groups is 1. The zero-order chi connectivity index (χ0) is 20.5. The molecule has 2 aromatic carbocycles. The van der Waals surface area contributed by atoms with Crippen molar-refractivity contribution < 1.29 is 9.72 Å². The fourth-order valence-corrected chi connectivity index (χ4v) is 4.03. The first-order chi connectivity index (χ1) is 14.0. The molecule has 2 aliphatic rings. The highest BCUT2D eigenvalue weighted by Gasteiger charge is 2.35. The topological polar surface area (TPSA) is 100 Å². The number of halogens is 1. The van der Waals surface area contributed by atoms with Gasteiger partial charge in [-0.1, -0.05) is 54.6 Å². The summed E-state index contributed by atoms with van der Waals surface area (Å²) in [6.07, 6.45) is 0.204. The molecule has 1 unspecified atom stereocenters. The summed E-state index contributed by atoms with van der Waals surface area (Å²) in [5.74, 6) is 0.516. The van der Waals surface area contributed by atoms with Crippen molar-refractivity contribution in [3.8, 4) is 0 Å². The number of thioether (sulfide) groups is 1. The Balaban J connectivity index is 1.91. The van der Waals surface area contributed by atoms with Gasteiger partial charge in [0.05, 0.1) is 10.3 Å². The molecule has 2 heterocycles. The molecule has 0 bridgehead atoms. The first-order valence-electron chi connectivity index (χ1n) is 8.92. The predicted octanol–water partition coefficient (Wildman–Crippen LogP) is 2.53. The summed E-state index contributed by atoms with van der Waals surface area (Å²) in [5.41, 5.74) is 0.663. The van der Waals surface area contributed by atoms with E-state index in [4.69, 9.17) is 16.6 Å². The SMILES string of the molecule is CCCSC1=NN2C(=c3ccccc3=NC2c2ccc(Cl)c([N+](=O)[O-])c2)C(=O)N1. The van der Waals surface area contributed by atoms with E-state index in [-0.39, 0.29) is 16.6 Å². The van der Waals surface area contributed by atoms with E-state index >= 15 is 0 Å². The van der Waals surface area contributed by atoms with Gasteiger partial charge in [0.1, 0.15) is 10.7 Å². The van der Waals surface area contributed by atoms with Crippen LogP contribution in [0.15, 0.2) is 52.6 Å². The van der Waals surface area contributed by atoms with Gasteiger partial charge in [-0.3, -0.25) is 25.2 Å². The molecule has 0 aliphatic carbocycles. The first-order valence-corrected chi connectivity index (χ1v) is 10.3. The van der Waals surface area contributed by atoms with E-state index in [1.165, 1.54) is 28.9 Å². The minimum Gasteiger partial charge on any atom is -0.298 e. The number of carbonyl (C=O) groups excluding carboxylic acids is 1. The summed E-state index contributed by atoms with van der Waals surface area (Å²) in [6.45, 7) is 2.04. The number of nitrogens with zero attached hydrogens (tertiary/aromatic N) is 4. The fourth-order valence-electron chi connectivity index (χ4n) is 3.14. The number of para-hydroxylation sites is 1. The molecule has 0 radical (unpaired) electrons. The fraction of sp³-hybridized carbons (Fsp3) is 0.211. The summed E-state index contributed by atoms with van der Waals surface area (Å²) >= 11 is 7.40. The smallest absolute Gasteiger partial charge is 0.288 e. The largest absolute Gasteiger partial charge is 0.298 e. The molecule has 148 valence electrons. The average Bonchev–Trinajstić information content (AvgIpc) is 2.71. The third-order valence-corrected chi connectivity index (χ3v) is 5.81. The van der Waals surface area contributed by atoms with Crippen molar-refractivity contribution in [3.63, 3.8) is 0 Å². The minimum absolute atomic E-state index is 0.0400. The summed E-state index contributed by atoms with van der Waals surface area (Å²) in [7, 11) is 0. The average molecular weight is 430 g/mol. The molecular formula is C19H16ClN5O3S. The molecule has 0 fully saturated rings. The monoisotopic (exact) mass is 429 g/mol. The van der Waals surface area contributed by atoms with Crippen LogP contribution in [0.5, 0.6) is 0 Å². The van der Waals surface area contributed by atoms with E-state index in [0.29, 0.717) is 27.0 Å². The highest BCUT2D eigenvalue weighted by molar-refractivity contribution is 8.13. The van der Waals surface area contributed by atoms with E-state index in [9.17, 15) is 14.9 Å². The number of fused-ring (bicyclic) bond motifs is 2. The number of amidine groups is 1. The number of hydrazone groups is 1. The summed E-state index contributed by atoms with van der Waals surface area (Å²) in [6, 6.07) is 11.8. The Morgan fingerprint density at radius 2 is 2.10 bits per heavy atom. The predicted molar refractivity (Wildman–Crippen MR) is 112 cm³/mol. The van der Waals surface area contributed by atoms with Crippen LogP contribution in [0.1, 0.15) is 25.1 Å². The number of benzene rings is 2. The van der Waals surface area contributed by atoms with E-state index in [1.807, 2.05) is 19.1 Å². The molecule has 4 rings (SSSR count). The maximum absolute atomic E-state index is 12.9. The van der Waals surface area contributed by atoms with Gasteiger partial charge in [0.25, 0.3) is 11.6 Å². The minimum atomic E-state index is -0.723. The highest BCUT2D eigenvalue weighted by atomic mass is 35.5. The number of hydrogen-bond donors (Lipinski definition) is 1. The zero-order valence-electron chi connectivity index (χ0n) is 15.3. The van der Waals surface area contributed by atoms with Gasteiger partial charge < -0.3 is 0 Å². The van der Waals surface area contributed by atoms with E-state index in [0.717, 1.165) is 12.2 Å². The number of amides is 1. The molecule has 0 saturated carbocycles. The van der Waals surface area contributed by atoms with Crippen molar-refractivity contribution in [1.82, 2.24) is 10.3 Å². The van der Waals surface area contributed by atoms with Crippen LogP contribution in [0.25, 0.3) is 5.70 Å². The molecular weight excluding hydrogens is 414 g/mol. The second-order valence-corrected chi connectivity index (χ2v) is 7.88. The first kappa shape index (κ1) is 19.4. The van der Waals surface area contributed by atoms with Crippen LogP contribution in [0.3, 0.4) is 0 Å². The standard InChI is InChI=1S/C19H16ClN5O3S/c1-2-9-29-19-22-18(26)16-12-5-3-4-6-14(12)21-17(24(16)23-19)11-7-8-13(20)15(10-11)25(27)28/h3-8,10,17H,2,9H2,1H3,(H,22,23,26). The second-order valence-electron chi connectivity index (χ2n) is 6.39. The van der Waals surface area contributed by atoms with Crippen LogP contribution < -0.4 is 15.9 Å². The third kappa shape index (κ3) is 3.58. The number of rotatable bonds is 4. The van der Waals surface area contributed by atoms with Gasteiger partial charge in [-0.25, -0.2) is 5.01 Å². The number of nitro groups is 1. The number of nitrogens with one attached hydrogen (secondary N) is 1. The van der Waals surface area contributed by atoms with Gasteiger partial charge in [0, 0.05) is 22.6 Å². The Morgan fingerprint density at radius 1 is 1.31 bits per heavy atom. The van der Waals surface area contributed by atoms with Crippen molar-refractivity contribution in [1.29, 1.82) is 0 Å². The summed E-state index contributed by atoms with van der Waals surface area (Å²) in [4.78, 5) is 28.4. The van der Waals surface area contributed by atoms with Gasteiger partial charge in [-0.05, 0) is 18.6 Å². The molecule has 0 saturated heterocycles. The lowest BCUT2D eigenvalue weighted by Gasteiger charge is -2.34. The summed E-state index contributed by atoms with van der Waals surface area (Å²) < 4.78 is 0. The molecule has 1 amide bonds. The quantitative estimate of drug-likeness (QED) is 0.594. The van der Waals surface area contributed by atoms with Crippen LogP contribution in [-0.4, -0.2) is 26.8 Å². The van der Waals surface area contributed by atoms with E-state index in [2.05, 4.69) is 10.4 Å². The van der Waals surface area contributed by atoms with Gasteiger partial charge in [-0.15, -0.1) is 5.10 Å². The number of nitro benzene ring substituents is 1. The van der Waals surface area contributed by atoms with Crippen molar-refractivity contribution >= 4 is 45.8 Å². The molecule has 10 heteroatoms. The Kier molecular flexibility index (Phi) is 5.25. The van der Waals surface area contributed by atoms with Crippen LogP contribution >= 0.6 is 23.4 Å². The van der Waals surface area contributed by atoms with E-state index in [1.54, 1.807) is 18.2 Å². The Labute approximate surface area is 175 Å². The maximum Gasteiger partial charge on any atom is 0.288 e.